The number of benzene rings is 1. The number of ether oxygens (including phenoxy) is 1. The summed E-state index contributed by atoms with van der Waals surface area (Å²) in [5.41, 5.74) is 0.390. The Morgan fingerprint density at radius 1 is 1.30 bits per heavy atom. The molecule has 1 aliphatic carbocycles. The zero-order chi connectivity index (χ0) is 14.6. The molecule has 4 heteroatoms. The topological polar surface area (TPSA) is 38.3 Å². The maximum absolute atomic E-state index is 12.3. The lowest BCUT2D eigenvalue weighted by atomic mass is 9.89. The average Bonchev–Trinajstić information content (AvgIpc) is 2.64. The van der Waals surface area contributed by atoms with Crippen molar-refractivity contribution in [3.63, 3.8) is 0 Å². The van der Waals surface area contributed by atoms with E-state index in [9.17, 15) is 4.79 Å². The van der Waals surface area contributed by atoms with Gasteiger partial charge in [0.05, 0.1) is 7.11 Å². The number of methoxy groups -OCH3 is 1. The second kappa shape index (κ2) is 6.61. The van der Waals surface area contributed by atoms with Crippen molar-refractivity contribution in [3.8, 4) is 0 Å². The first-order valence-corrected chi connectivity index (χ1v) is 7.97. The highest BCUT2D eigenvalue weighted by molar-refractivity contribution is 9.10. The summed E-state index contributed by atoms with van der Waals surface area (Å²) in [6.45, 7) is 2.26. The number of hydrogen-bond acceptors (Lipinski definition) is 3. The van der Waals surface area contributed by atoms with Gasteiger partial charge in [-0.15, -0.1) is 0 Å². The summed E-state index contributed by atoms with van der Waals surface area (Å²) < 4.78 is 6.10. The average molecular weight is 340 g/mol. The highest BCUT2D eigenvalue weighted by atomic mass is 79.9. The van der Waals surface area contributed by atoms with Crippen LogP contribution in [0.5, 0.6) is 0 Å². The Bertz CT molecular complexity index is 460. The van der Waals surface area contributed by atoms with Gasteiger partial charge in [-0.25, -0.2) is 4.79 Å². The minimum absolute atomic E-state index is 0.144. The number of hydrogen-bond donors (Lipinski definition) is 1. The first kappa shape index (κ1) is 15.4. The maximum Gasteiger partial charge on any atom is 0.331 e. The quantitative estimate of drug-likeness (QED) is 0.656. The summed E-state index contributed by atoms with van der Waals surface area (Å²) in [4.78, 5) is 12.3. The molecule has 0 bridgehead atoms. The summed E-state index contributed by atoms with van der Waals surface area (Å²) in [6.07, 6.45) is 4.95. The Hall–Kier alpha value is -1.03. The van der Waals surface area contributed by atoms with Gasteiger partial charge < -0.3 is 10.1 Å². The highest BCUT2D eigenvalue weighted by Gasteiger charge is 2.40. The van der Waals surface area contributed by atoms with Crippen LogP contribution >= 0.6 is 15.9 Å². The van der Waals surface area contributed by atoms with Gasteiger partial charge in [-0.1, -0.05) is 35.7 Å². The molecule has 1 aromatic rings. The van der Waals surface area contributed by atoms with Gasteiger partial charge >= 0.3 is 5.97 Å². The van der Waals surface area contributed by atoms with Gasteiger partial charge in [0.15, 0.2) is 0 Å². The monoisotopic (exact) mass is 339 g/mol. The molecule has 110 valence electrons. The number of rotatable bonds is 3. The molecule has 0 radical (unpaired) electrons. The van der Waals surface area contributed by atoms with Crippen LogP contribution in [0.1, 0.15) is 39.0 Å². The van der Waals surface area contributed by atoms with Crippen LogP contribution in [0.2, 0.25) is 0 Å². The molecule has 2 unspecified atom stereocenters. The smallest absolute Gasteiger partial charge is 0.331 e. The Kier molecular flexibility index (Phi) is 5.08. The molecule has 0 aromatic heterocycles. The SMILES string of the molecule is COC(=O)C1(Nc2ccc(Br)cc2)CCCC(C)CC1. The summed E-state index contributed by atoms with van der Waals surface area (Å²) >= 11 is 3.43. The Balaban J connectivity index is 2.22. The third-order valence-electron chi connectivity index (χ3n) is 4.17. The van der Waals surface area contributed by atoms with E-state index in [0.29, 0.717) is 5.92 Å². The van der Waals surface area contributed by atoms with Crippen LogP contribution < -0.4 is 5.32 Å². The van der Waals surface area contributed by atoms with Crippen LogP contribution in [0, 0.1) is 5.92 Å². The number of halogens is 1. The molecule has 3 nitrogen and oxygen atoms in total. The molecular formula is C16H22BrNO2. The van der Waals surface area contributed by atoms with Gasteiger partial charge in [-0.3, -0.25) is 0 Å². The van der Waals surface area contributed by atoms with E-state index in [2.05, 4.69) is 28.2 Å². The fourth-order valence-electron chi connectivity index (χ4n) is 2.90. The van der Waals surface area contributed by atoms with E-state index >= 15 is 0 Å². The first-order chi connectivity index (χ1) is 9.55. The van der Waals surface area contributed by atoms with Crippen molar-refractivity contribution in [1.29, 1.82) is 0 Å². The van der Waals surface area contributed by atoms with Gasteiger partial charge in [0.25, 0.3) is 0 Å². The fourth-order valence-corrected chi connectivity index (χ4v) is 3.16. The number of carbonyl (C=O) groups excluding carboxylic acids is 1. The molecule has 20 heavy (non-hydrogen) atoms. The van der Waals surface area contributed by atoms with Crippen LogP contribution in [0.3, 0.4) is 0 Å². The molecule has 0 aliphatic heterocycles. The van der Waals surface area contributed by atoms with E-state index in [-0.39, 0.29) is 5.97 Å². The van der Waals surface area contributed by atoms with Gasteiger partial charge in [0, 0.05) is 10.2 Å². The van der Waals surface area contributed by atoms with Gasteiger partial charge in [0.2, 0.25) is 0 Å². The summed E-state index contributed by atoms with van der Waals surface area (Å²) in [7, 11) is 1.47. The van der Waals surface area contributed by atoms with Crippen LogP contribution in [0.4, 0.5) is 5.69 Å². The van der Waals surface area contributed by atoms with Gasteiger partial charge in [-0.05, 0) is 49.4 Å². The van der Waals surface area contributed by atoms with E-state index in [1.54, 1.807) is 0 Å². The molecule has 0 saturated heterocycles. The van der Waals surface area contributed by atoms with Crippen molar-refractivity contribution in [2.45, 2.75) is 44.6 Å². The van der Waals surface area contributed by atoms with Crippen molar-refractivity contribution >= 4 is 27.6 Å². The minimum Gasteiger partial charge on any atom is -0.467 e. The lowest BCUT2D eigenvalue weighted by Gasteiger charge is -2.32. The zero-order valence-electron chi connectivity index (χ0n) is 12.1. The van der Waals surface area contributed by atoms with Crippen LogP contribution in [0.15, 0.2) is 28.7 Å². The predicted octanol–water partition coefficient (Wildman–Crippen LogP) is 4.37. The number of nitrogens with one attached hydrogen (secondary N) is 1. The van der Waals surface area contributed by atoms with E-state index in [1.807, 2.05) is 24.3 Å². The molecule has 0 spiro atoms. The second-order valence-electron chi connectivity index (χ2n) is 5.74. The van der Waals surface area contributed by atoms with E-state index in [1.165, 1.54) is 13.5 Å². The number of carbonyl (C=O) groups is 1. The number of anilines is 1. The molecule has 1 aromatic carbocycles. The maximum atomic E-state index is 12.3. The molecular weight excluding hydrogens is 318 g/mol. The summed E-state index contributed by atoms with van der Waals surface area (Å²) in [5, 5.41) is 3.44. The fraction of sp³-hybridized carbons (Fsp3) is 0.562. The molecule has 1 N–H and O–H groups in total. The minimum atomic E-state index is -0.576. The van der Waals surface area contributed by atoms with Gasteiger partial charge in [0.1, 0.15) is 5.54 Å². The van der Waals surface area contributed by atoms with Crippen LogP contribution in [-0.2, 0) is 9.53 Å². The van der Waals surface area contributed by atoms with Crippen molar-refractivity contribution in [3.05, 3.63) is 28.7 Å². The van der Waals surface area contributed by atoms with Crippen molar-refractivity contribution in [2.24, 2.45) is 5.92 Å². The Morgan fingerprint density at radius 2 is 2.00 bits per heavy atom. The molecule has 2 atom stereocenters. The third kappa shape index (κ3) is 3.54. The van der Waals surface area contributed by atoms with Crippen LogP contribution in [-0.4, -0.2) is 18.6 Å². The highest BCUT2D eigenvalue weighted by Crippen LogP contribution is 2.34. The van der Waals surface area contributed by atoms with Crippen molar-refractivity contribution < 1.29 is 9.53 Å². The molecule has 1 fully saturated rings. The first-order valence-electron chi connectivity index (χ1n) is 7.18. The lowest BCUT2D eigenvalue weighted by molar-refractivity contribution is -0.146. The molecule has 1 aliphatic rings. The van der Waals surface area contributed by atoms with Crippen LogP contribution in [0.25, 0.3) is 0 Å². The normalized spacial score (nSPS) is 26.6. The van der Waals surface area contributed by atoms with E-state index in [0.717, 1.165) is 35.8 Å². The summed E-state index contributed by atoms with van der Waals surface area (Å²) in [5.74, 6) is 0.530. The Labute approximate surface area is 129 Å². The van der Waals surface area contributed by atoms with Crippen molar-refractivity contribution in [2.75, 3.05) is 12.4 Å². The van der Waals surface area contributed by atoms with E-state index in [4.69, 9.17) is 4.74 Å². The molecule has 0 amide bonds. The largest absolute Gasteiger partial charge is 0.467 e. The predicted molar refractivity (Wildman–Crippen MR) is 84.8 cm³/mol. The number of esters is 1. The Morgan fingerprint density at radius 3 is 2.65 bits per heavy atom. The standard InChI is InChI=1S/C16H22BrNO2/c1-12-4-3-10-16(11-9-12,15(19)20-2)18-14-7-5-13(17)6-8-14/h5-8,12,18H,3-4,9-11H2,1-2H3. The summed E-state index contributed by atoms with van der Waals surface area (Å²) in [6, 6.07) is 7.94. The zero-order valence-corrected chi connectivity index (χ0v) is 13.7. The lowest BCUT2D eigenvalue weighted by Crippen LogP contribution is -2.46. The van der Waals surface area contributed by atoms with Gasteiger partial charge in [-0.2, -0.15) is 0 Å². The second-order valence-corrected chi connectivity index (χ2v) is 6.66. The van der Waals surface area contributed by atoms with E-state index < -0.39 is 5.54 Å². The van der Waals surface area contributed by atoms with Crippen molar-refractivity contribution in [1.82, 2.24) is 0 Å². The molecule has 1 saturated carbocycles. The molecule has 0 heterocycles. The molecule has 2 rings (SSSR count). The third-order valence-corrected chi connectivity index (χ3v) is 4.70.